The Morgan fingerprint density at radius 1 is 0.306 bits per heavy atom. The highest BCUT2D eigenvalue weighted by molar-refractivity contribution is 7.92. The van der Waals surface area contributed by atoms with E-state index in [1.807, 2.05) is 73.7 Å². The molecule has 8 aromatic heterocycles. The minimum Gasteiger partial charge on any atom is -0.378 e. The molecule has 4 aliphatic carbocycles. The fraction of sp³-hybridized carbons (Fsp3) is 0.485. The van der Waals surface area contributed by atoms with Crippen molar-refractivity contribution in [1.82, 2.24) is 78.0 Å². The lowest BCUT2D eigenvalue weighted by molar-refractivity contribution is 0.0599. The number of hydrogen-bond acceptors (Lipinski definition) is 25. The number of halogens is 2. The molecule has 43 heteroatoms. The summed E-state index contributed by atoms with van der Waals surface area (Å²) < 4.78 is 124. The largest absolute Gasteiger partial charge is 0.378 e. The van der Waals surface area contributed by atoms with E-state index >= 15 is 0 Å². The third-order valence-electron chi connectivity index (χ3n) is 28.4. The molecule has 4 N–H and O–H groups in total. The Morgan fingerprint density at radius 3 is 0.896 bits per heavy atom. The zero-order valence-corrected chi connectivity index (χ0v) is 86.4. The van der Waals surface area contributed by atoms with Crippen LogP contribution in [-0.2, 0) is 49.6 Å². The molecule has 4 atom stereocenters. The maximum atomic E-state index is 13.9. The van der Waals surface area contributed by atoms with E-state index in [4.69, 9.17) is 73.0 Å². The molecule has 11 fully saturated rings. The summed E-state index contributed by atoms with van der Waals surface area (Å²) in [5.41, 5.74) is 14.9. The first-order valence-corrected chi connectivity index (χ1v) is 58.3. The molecule has 7 saturated heterocycles. The molecule has 762 valence electrons. The molecule has 4 aromatic carbocycles. The number of sulfonamides is 4. The van der Waals surface area contributed by atoms with Crippen LogP contribution in [0.2, 0.25) is 10.0 Å². The third-order valence-corrected chi connectivity index (χ3v) is 31.2. The van der Waals surface area contributed by atoms with Crippen molar-refractivity contribution in [2.75, 3.05) is 150 Å². The van der Waals surface area contributed by atoms with Crippen molar-refractivity contribution in [3.05, 3.63) is 217 Å². The number of carbonyl (C=O) groups is 4. The lowest BCUT2D eigenvalue weighted by Gasteiger charge is -2.35. The highest BCUT2D eigenvalue weighted by Gasteiger charge is 2.41. The van der Waals surface area contributed by atoms with E-state index in [1.165, 1.54) is 56.4 Å². The molecule has 11 aliphatic rings. The van der Waals surface area contributed by atoms with Crippen molar-refractivity contribution >= 4 is 150 Å². The first kappa shape index (κ1) is 99.5. The molecule has 0 spiro atoms. The number of ether oxygens (including phenoxy) is 2. The highest BCUT2D eigenvalue weighted by Crippen LogP contribution is 2.47. The topological polar surface area (TPSA) is 415 Å². The van der Waals surface area contributed by atoms with Crippen LogP contribution in [0.5, 0.6) is 0 Å². The van der Waals surface area contributed by atoms with E-state index < -0.39 is 40.1 Å². The van der Waals surface area contributed by atoms with Crippen LogP contribution in [0.4, 0.5) is 40.2 Å². The average molecular weight is 2080 g/mol. The number of aromatic nitrogens is 12. The maximum absolute atomic E-state index is 13.9. The Balaban J connectivity index is 0.000000117. The van der Waals surface area contributed by atoms with Gasteiger partial charge in [-0.15, -0.1) is 0 Å². The minimum absolute atomic E-state index is 0.172. The number of rotatable bonds is 23. The number of hydrogen-bond donors (Lipinski definition) is 4. The van der Waals surface area contributed by atoms with E-state index in [9.17, 15) is 52.8 Å². The van der Waals surface area contributed by atoms with Crippen LogP contribution in [0.1, 0.15) is 281 Å². The fourth-order valence-electron chi connectivity index (χ4n) is 20.5. The number of aryl methyl sites for hydroxylation is 2. The number of likely N-dealkylation sites (tertiary alicyclic amines) is 4. The Bertz CT molecular complexity index is 7220. The molecule has 0 radical (unpaired) electrons. The van der Waals surface area contributed by atoms with Crippen LogP contribution < -0.4 is 33.6 Å². The van der Waals surface area contributed by atoms with Gasteiger partial charge in [-0.25, -0.2) is 58.1 Å². The van der Waals surface area contributed by atoms with E-state index in [0.717, 1.165) is 264 Å². The van der Waals surface area contributed by atoms with Gasteiger partial charge >= 0.3 is 0 Å². The second-order valence-electron chi connectivity index (χ2n) is 40.0. The summed E-state index contributed by atoms with van der Waals surface area (Å²) in [6.45, 7) is 14.0. The van der Waals surface area contributed by atoms with E-state index in [2.05, 4.69) is 51.8 Å². The van der Waals surface area contributed by atoms with E-state index in [1.54, 1.807) is 62.8 Å². The number of nitrogens with one attached hydrogen (secondary N) is 4. The van der Waals surface area contributed by atoms with Gasteiger partial charge in [-0.3, -0.25) is 38.1 Å². The summed E-state index contributed by atoms with van der Waals surface area (Å²) in [6.07, 6.45) is 27.4. The normalized spacial score (nSPS) is 20.3. The number of fused-ring (bicyclic) bond motifs is 4. The Hall–Kier alpha value is -11.9. The number of carbonyl (C=O) groups excluding carboxylic acids is 4. The van der Waals surface area contributed by atoms with Gasteiger partial charge in [-0.1, -0.05) is 46.5 Å². The molecule has 4 amide bonds. The van der Waals surface area contributed by atoms with Crippen molar-refractivity contribution in [2.24, 2.45) is 0 Å². The number of piperidine rings is 4. The Kier molecular flexibility index (Phi) is 28.5. The molecule has 4 saturated carbocycles. The van der Waals surface area contributed by atoms with Gasteiger partial charge in [-0.2, -0.15) is 33.9 Å². The van der Waals surface area contributed by atoms with Crippen LogP contribution in [0, 0.1) is 13.8 Å². The van der Waals surface area contributed by atoms with Crippen molar-refractivity contribution in [3.63, 3.8) is 0 Å². The quantitative estimate of drug-likeness (QED) is 0.0462. The molecule has 0 unspecified atom stereocenters. The van der Waals surface area contributed by atoms with Gasteiger partial charge in [0.1, 0.15) is 17.5 Å². The standard InChI is InChI=1S/C27H34N6O4S.C26H31ClN6O4S.C25H29ClN6O3S.C23H27N5O3S/c1-18-6-9-21(30-38(2,35)36)20(15-18)27(34)32-10-4-3-5-24(32)23-16-25-28-22(19-7-8-19)17-26(33(25)29-23)31-11-13-37-14-12-31;1-38(35,36)30-20-8-7-18(27)14-19(20)26(34)32-9-3-2-4-23(32)22-15-24-28-21(17-5-6-17)16-25(33(24)29-22)31-10-12-37-13-11-31;1-36(34,35)29-19-9-8-17(26)13-18(19)25(33)31-12-3-2-5-22(31)21-14-23-27-20(16-6-7-16)15-24(32(23)28-21)30-10-4-11-30;1-15-6-9-19(26-32(2,30)31)17(13-15)23(29)27-11-4-3-5-21(27)20-14-22-24-18(16-7-8-16)10-12-28(22)25-20/h6,9,15-17,19,24,30H,3-5,7-8,10-14H2,1-2H3;7-8,14-17,23,30H,2-6,9-13H2,1H3;8-9,13-16,22,29H,2-7,10-12H2,1H3;6,9-10,12-14,16,21,26H,3-5,7-8,11H2,1-2H3/t24-;23-;22-;21-/m0000/s1. The molecular formula is C101H121Cl2N23O14S4. The predicted molar refractivity (Wildman–Crippen MR) is 552 cm³/mol. The van der Waals surface area contributed by atoms with E-state index in [0.29, 0.717) is 109 Å². The van der Waals surface area contributed by atoms with Gasteiger partial charge in [0.15, 0.2) is 22.6 Å². The van der Waals surface area contributed by atoms with E-state index in [-0.39, 0.29) is 70.3 Å². The zero-order valence-electron chi connectivity index (χ0n) is 81.6. The molecule has 23 rings (SSSR count). The molecule has 144 heavy (non-hydrogen) atoms. The minimum atomic E-state index is -3.58. The van der Waals surface area contributed by atoms with Crippen LogP contribution in [0.25, 0.3) is 22.6 Å². The van der Waals surface area contributed by atoms with Crippen LogP contribution in [0.3, 0.4) is 0 Å². The fourth-order valence-corrected chi connectivity index (χ4v) is 23.1. The summed E-state index contributed by atoms with van der Waals surface area (Å²) in [7, 11) is -14.2. The molecule has 12 aromatic rings. The third kappa shape index (κ3) is 23.0. The molecule has 15 heterocycles. The Labute approximate surface area is 847 Å². The maximum Gasteiger partial charge on any atom is 0.256 e. The van der Waals surface area contributed by atoms with Gasteiger partial charge in [0.05, 0.1) is 143 Å². The Morgan fingerprint density at radius 2 is 0.590 bits per heavy atom. The lowest BCUT2D eigenvalue weighted by Crippen LogP contribution is -2.39. The average Bonchev–Trinajstić information content (AvgIpc) is 1.65. The van der Waals surface area contributed by atoms with Gasteiger partial charge in [0.2, 0.25) is 40.1 Å². The number of anilines is 7. The number of benzene rings is 4. The monoisotopic (exact) mass is 2080 g/mol. The van der Waals surface area contributed by atoms with Crippen LogP contribution >= 0.6 is 23.2 Å². The molecular weight excluding hydrogens is 1960 g/mol. The van der Waals surface area contributed by atoms with Crippen molar-refractivity contribution < 1.29 is 62.3 Å². The molecule has 37 nitrogen and oxygen atoms in total. The molecule has 7 aliphatic heterocycles. The van der Waals surface area contributed by atoms with Crippen LogP contribution in [0.15, 0.2) is 128 Å². The molecule has 0 bridgehead atoms. The second-order valence-corrected chi connectivity index (χ2v) is 47.9. The summed E-state index contributed by atoms with van der Waals surface area (Å²) in [5, 5.41) is 20.5. The number of morpholine rings is 2. The second kappa shape index (κ2) is 41.2. The summed E-state index contributed by atoms with van der Waals surface area (Å²) in [6, 6.07) is 35.3. The smallest absolute Gasteiger partial charge is 0.256 e. The highest BCUT2D eigenvalue weighted by atomic mass is 35.5. The summed E-state index contributed by atoms with van der Waals surface area (Å²) in [4.78, 5) is 89.1. The number of nitrogens with zero attached hydrogens (tertiary/aromatic N) is 19. The van der Waals surface area contributed by atoms with Gasteiger partial charge < -0.3 is 43.8 Å². The van der Waals surface area contributed by atoms with Gasteiger partial charge in [-0.05, 0) is 215 Å². The summed E-state index contributed by atoms with van der Waals surface area (Å²) >= 11 is 12.4. The van der Waals surface area contributed by atoms with Crippen molar-refractivity contribution in [2.45, 2.75) is 197 Å². The number of amides is 4. The lowest BCUT2D eigenvalue weighted by atomic mass is 9.97. The van der Waals surface area contributed by atoms with Gasteiger partial charge in [0, 0.05) is 171 Å². The van der Waals surface area contributed by atoms with Crippen molar-refractivity contribution in [1.29, 1.82) is 0 Å². The summed E-state index contributed by atoms with van der Waals surface area (Å²) in [5.74, 6) is 4.28. The first-order chi connectivity index (χ1) is 69.1. The van der Waals surface area contributed by atoms with Crippen molar-refractivity contribution in [3.8, 4) is 0 Å². The predicted octanol–water partition coefficient (Wildman–Crippen LogP) is 15.2. The zero-order chi connectivity index (χ0) is 100. The van der Waals surface area contributed by atoms with Crippen LogP contribution in [-0.4, -0.2) is 252 Å². The SMILES string of the molecule is CS(=O)(=O)Nc1ccc(Cl)cc1C(=O)N1CCCC[C@H]1c1cc2nc(C3CC3)cc(N3CCC3)n2n1.CS(=O)(=O)Nc1ccc(Cl)cc1C(=O)N1CCCC[C@H]1c1cc2nc(C3CC3)cc(N3CCOCC3)n2n1.Cc1ccc(NS(C)(=O)=O)c(C(=O)N2CCCC[C@H]2c2cc3nc(C4CC4)cc(N4CCOCC4)n3n2)c1.Cc1ccc(NS(C)(=O)=O)c(C(=O)N2CCCC[C@H]2c2cc3nc(C4CC4)ccn3n2)c1. The first-order valence-electron chi connectivity index (χ1n) is 50.0. The van der Waals surface area contributed by atoms with Gasteiger partial charge in [0.25, 0.3) is 23.6 Å².